The number of hydrogen-bond donors (Lipinski definition) is 2. The molecule has 0 saturated heterocycles. The van der Waals surface area contributed by atoms with Gasteiger partial charge in [0.2, 0.25) is 0 Å². The van der Waals surface area contributed by atoms with Crippen molar-refractivity contribution in [3.05, 3.63) is 0 Å². The number of nitrogens with one attached hydrogen (secondary N) is 1. The molecule has 0 aromatic heterocycles. The lowest BCUT2D eigenvalue weighted by Gasteiger charge is -2.02. The summed E-state index contributed by atoms with van der Waals surface area (Å²) in [6.45, 7) is 1.62. The van der Waals surface area contributed by atoms with Crippen LogP contribution >= 0.6 is 0 Å². The standard InChI is InChI=1S/C7H13N3O2/c8-3-1-2-4-10-5-6-12-7(9)11/h10H,1-2,4-6H2,(H2,9,11). The molecule has 0 rings (SSSR count). The van der Waals surface area contributed by atoms with E-state index < -0.39 is 6.09 Å². The molecule has 0 aliphatic heterocycles. The van der Waals surface area contributed by atoms with Crippen LogP contribution in [0.2, 0.25) is 0 Å². The molecule has 0 unspecified atom stereocenters. The fraction of sp³-hybridized carbons (Fsp3) is 0.714. The highest BCUT2D eigenvalue weighted by Gasteiger charge is 1.91. The molecule has 3 N–H and O–H groups in total. The van der Waals surface area contributed by atoms with E-state index >= 15 is 0 Å². The number of nitrogens with two attached hydrogens (primary N) is 1. The van der Waals surface area contributed by atoms with Gasteiger partial charge in [-0.2, -0.15) is 5.26 Å². The zero-order valence-electron chi connectivity index (χ0n) is 6.88. The Morgan fingerprint density at radius 3 is 2.92 bits per heavy atom. The maximum atomic E-state index is 10.1. The predicted octanol–water partition coefficient (Wildman–Crippen LogP) is -0.0249. The monoisotopic (exact) mass is 171 g/mol. The van der Waals surface area contributed by atoms with Gasteiger partial charge in [0, 0.05) is 13.0 Å². The van der Waals surface area contributed by atoms with Crippen LogP contribution in [0.15, 0.2) is 0 Å². The zero-order chi connectivity index (χ0) is 9.23. The SMILES string of the molecule is N#CCCCNCCOC(N)=O. The fourth-order valence-corrected chi connectivity index (χ4v) is 0.641. The van der Waals surface area contributed by atoms with Crippen molar-refractivity contribution in [1.29, 1.82) is 5.26 Å². The number of nitriles is 1. The number of primary amides is 1. The molecule has 0 bridgehead atoms. The quantitative estimate of drug-likeness (QED) is 0.549. The smallest absolute Gasteiger partial charge is 0.404 e. The van der Waals surface area contributed by atoms with Gasteiger partial charge < -0.3 is 15.8 Å². The van der Waals surface area contributed by atoms with Gasteiger partial charge in [0.15, 0.2) is 0 Å². The van der Waals surface area contributed by atoms with Gasteiger partial charge in [-0.25, -0.2) is 4.79 Å². The Hall–Kier alpha value is -1.28. The van der Waals surface area contributed by atoms with Crippen LogP contribution in [0.3, 0.4) is 0 Å². The van der Waals surface area contributed by atoms with E-state index in [4.69, 9.17) is 11.0 Å². The third-order valence-corrected chi connectivity index (χ3v) is 1.17. The molecule has 0 spiro atoms. The number of nitrogens with zero attached hydrogens (tertiary/aromatic N) is 1. The van der Waals surface area contributed by atoms with Crippen LogP contribution in [-0.4, -0.2) is 25.8 Å². The highest BCUT2D eigenvalue weighted by Crippen LogP contribution is 1.82. The Kier molecular flexibility index (Phi) is 6.99. The van der Waals surface area contributed by atoms with Gasteiger partial charge >= 0.3 is 6.09 Å². The molecule has 0 radical (unpaired) electrons. The third kappa shape index (κ3) is 8.72. The largest absolute Gasteiger partial charge is 0.448 e. The first-order valence-electron chi connectivity index (χ1n) is 3.77. The molecule has 5 nitrogen and oxygen atoms in total. The van der Waals surface area contributed by atoms with Gasteiger partial charge in [-0.3, -0.25) is 0 Å². The average molecular weight is 171 g/mol. The second kappa shape index (κ2) is 7.82. The molecule has 1 amide bonds. The second-order valence-electron chi connectivity index (χ2n) is 2.18. The molecule has 0 saturated carbocycles. The number of unbranched alkanes of at least 4 members (excludes halogenated alkanes) is 1. The molecule has 0 aromatic carbocycles. The first-order valence-corrected chi connectivity index (χ1v) is 3.77. The van der Waals surface area contributed by atoms with E-state index in [1.54, 1.807) is 0 Å². The lowest BCUT2D eigenvalue weighted by Crippen LogP contribution is -2.24. The number of amides is 1. The van der Waals surface area contributed by atoms with Crippen LogP contribution in [0.1, 0.15) is 12.8 Å². The summed E-state index contributed by atoms with van der Waals surface area (Å²) in [5.41, 5.74) is 4.72. The highest BCUT2D eigenvalue weighted by molar-refractivity contribution is 5.64. The van der Waals surface area contributed by atoms with Gasteiger partial charge in [-0.1, -0.05) is 0 Å². The first-order chi connectivity index (χ1) is 5.77. The highest BCUT2D eigenvalue weighted by atomic mass is 16.5. The van der Waals surface area contributed by atoms with Crippen molar-refractivity contribution in [2.75, 3.05) is 19.7 Å². The summed E-state index contributed by atoms with van der Waals surface area (Å²) < 4.78 is 4.46. The summed E-state index contributed by atoms with van der Waals surface area (Å²) >= 11 is 0. The van der Waals surface area contributed by atoms with E-state index in [0.717, 1.165) is 13.0 Å². The molecular formula is C7H13N3O2. The lowest BCUT2D eigenvalue weighted by molar-refractivity contribution is 0.157. The Labute approximate surface area is 71.5 Å². The minimum absolute atomic E-state index is 0.280. The Morgan fingerprint density at radius 1 is 1.58 bits per heavy atom. The minimum Gasteiger partial charge on any atom is -0.448 e. The molecule has 5 heteroatoms. The normalized spacial score (nSPS) is 8.92. The Bertz CT molecular complexity index is 165. The van der Waals surface area contributed by atoms with Crippen LogP contribution in [0.5, 0.6) is 0 Å². The zero-order valence-corrected chi connectivity index (χ0v) is 6.88. The van der Waals surface area contributed by atoms with Crippen molar-refractivity contribution in [2.24, 2.45) is 5.73 Å². The van der Waals surface area contributed by atoms with E-state index in [-0.39, 0.29) is 6.61 Å². The lowest BCUT2D eigenvalue weighted by atomic mass is 10.3. The molecule has 12 heavy (non-hydrogen) atoms. The maximum absolute atomic E-state index is 10.1. The van der Waals surface area contributed by atoms with Gasteiger partial charge in [0.1, 0.15) is 6.61 Å². The second-order valence-corrected chi connectivity index (χ2v) is 2.18. The van der Waals surface area contributed by atoms with Crippen LogP contribution in [0, 0.1) is 11.3 Å². The topological polar surface area (TPSA) is 88.1 Å². The van der Waals surface area contributed by atoms with Crippen molar-refractivity contribution in [3.8, 4) is 6.07 Å². The molecule has 0 atom stereocenters. The van der Waals surface area contributed by atoms with Gasteiger partial charge in [-0.15, -0.1) is 0 Å². The van der Waals surface area contributed by atoms with Crippen molar-refractivity contribution < 1.29 is 9.53 Å². The molecular weight excluding hydrogens is 158 g/mol. The van der Waals surface area contributed by atoms with Crippen LogP contribution in [-0.2, 0) is 4.74 Å². The van der Waals surface area contributed by atoms with Crippen molar-refractivity contribution >= 4 is 6.09 Å². The van der Waals surface area contributed by atoms with Crippen molar-refractivity contribution in [1.82, 2.24) is 5.32 Å². The molecule has 0 aliphatic carbocycles. The van der Waals surface area contributed by atoms with Gasteiger partial charge in [0.25, 0.3) is 0 Å². The number of rotatable bonds is 6. The fourth-order valence-electron chi connectivity index (χ4n) is 0.641. The van der Waals surface area contributed by atoms with Crippen molar-refractivity contribution in [2.45, 2.75) is 12.8 Å². The predicted molar refractivity (Wildman–Crippen MR) is 43.3 cm³/mol. The van der Waals surface area contributed by atoms with E-state index in [9.17, 15) is 4.79 Å². The first kappa shape index (κ1) is 10.7. The van der Waals surface area contributed by atoms with Crippen LogP contribution < -0.4 is 11.1 Å². The summed E-state index contributed by atoms with van der Waals surface area (Å²) in [7, 11) is 0. The number of carbonyl (C=O) groups excluding carboxylic acids is 1. The van der Waals surface area contributed by atoms with Gasteiger partial charge in [0.05, 0.1) is 6.07 Å². The van der Waals surface area contributed by atoms with E-state index in [1.165, 1.54) is 0 Å². The summed E-state index contributed by atoms with van der Waals surface area (Å²) in [6, 6.07) is 2.03. The summed E-state index contributed by atoms with van der Waals surface area (Å²) in [6.07, 6.45) is 0.602. The molecule has 0 heterocycles. The van der Waals surface area contributed by atoms with Gasteiger partial charge in [-0.05, 0) is 13.0 Å². The van der Waals surface area contributed by atoms with Crippen LogP contribution in [0.25, 0.3) is 0 Å². The molecule has 0 fully saturated rings. The number of ether oxygens (including phenoxy) is 1. The van der Waals surface area contributed by atoms with Crippen molar-refractivity contribution in [3.63, 3.8) is 0 Å². The summed E-state index contributed by atoms with van der Waals surface area (Å²) in [5, 5.41) is 11.2. The summed E-state index contributed by atoms with van der Waals surface area (Å²) in [4.78, 5) is 10.1. The molecule has 68 valence electrons. The Balaban J connectivity index is 2.92. The summed E-state index contributed by atoms with van der Waals surface area (Å²) in [5.74, 6) is 0. The third-order valence-electron chi connectivity index (χ3n) is 1.17. The van der Waals surface area contributed by atoms with E-state index in [2.05, 4.69) is 10.1 Å². The number of hydrogen-bond acceptors (Lipinski definition) is 4. The number of carbonyl (C=O) groups is 1. The Morgan fingerprint density at radius 2 is 2.33 bits per heavy atom. The van der Waals surface area contributed by atoms with E-state index in [1.807, 2.05) is 6.07 Å². The molecule has 0 aromatic rings. The molecule has 0 aliphatic rings. The maximum Gasteiger partial charge on any atom is 0.404 e. The average Bonchev–Trinajstić information content (AvgIpc) is 2.02. The minimum atomic E-state index is -0.756. The van der Waals surface area contributed by atoms with Crippen LogP contribution in [0.4, 0.5) is 4.79 Å². The van der Waals surface area contributed by atoms with E-state index in [0.29, 0.717) is 13.0 Å².